The van der Waals surface area contributed by atoms with Crippen LogP contribution in [0.25, 0.3) is 11.1 Å². The predicted molar refractivity (Wildman–Crippen MR) is 174 cm³/mol. The van der Waals surface area contributed by atoms with Crippen molar-refractivity contribution in [2.45, 2.75) is 25.2 Å². The average molecular weight is 638 g/mol. The minimum absolute atomic E-state index is 0.282. The molecule has 0 aromatic heterocycles. The van der Waals surface area contributed by atoms with Crippen molar-refractivity contribution in [3.05, 3.63) is 187 Å². The summed E-state index contributed by atoms with van der Waals surface area (Å²) in [5.74, 6) is -1.09. The molecule has 0 aliphatic heterocycles. The van der Waals surface area contributed by atoms with E-state index in [0.717, 1.165) is 43.4 Å². The highest BCUT2D eigenvalue weighted by Crippen LogP contribution is 2.62. The number of hydrogen-bond donors (Lipinski definition) is 0. The van der Waals surface area contributed by atoms with Crippen molar-refractivity contribution >= 4 is 38.7 Å². The molecule has 6 rings (SSSR count). The highest BCUT2D eigenvalue weighted by molar-refractivity contribution is 9.10. The summed E-state index contributed by atoms with van der Waals surface area (Å²) in [6.07, 6.45) is 0. The van der Waals surface area contributed by atoms with E-state index in [4.69, 9.17) is 11.6 Å². The summed E-state index contributed by atoms with van der Waals surface area (Å²) < 4.78 is 32.4. The highest BCUT2D eigenvalue weighted by atomic mass is 79.9. The largest absolute Gasteiger partial charge is 0.207 e. The van der Waals surface area contributed by atoms with Crippen LogP contribution in [-0.2, 0) is 5.41 Å². The maximum Gasteiger partial charge on any atom is 0.130 e. The molecular weight excluding hydrogens is 610 g/mol. The van der Waals surface area contributed by atoms with Crippen molar-refractivity contribution in [2.24, 2.45) is 0 Å². The Kier molecular flexibility index (Phi) is 7.74. The molecule has 0 nitrogen and oxygen atoms in total. The van der Waals surface area contributed by atoms with Gasteiger partial charge in [-0.1, -0.05) is 124 Å². The Labute approximate surface area is 259 Å². The zero-order valence-corrected chi connectivity index (χ0v) is 25.6. The van der Waals surface area contributed by atoms with E-state index in [0.29, 0.717) is 16.2 Å². The van der Waals surface area contributed by atoms with Crippen LogP contribution in [0.15, 0.2) is 143 Å². The molecule has 1 aliphatic carbocycles. The Morgan fingerprint density at radius 2 is 1.21 bits per heavy atom. The Bertz CT molecular complexity index is 1790. The monoisotopic (exact) mass is 636 g/mol. The van der Waals surface area contributed by atoms with E-state index in [1.807, 2.05) is 73.7 Å². The van der Waals surface area contributed by atoms with E-state index in [1.165, 1.54) is 12.1 Å². The molecule has 208 valence electrons. The van der Waals surface area contributed by atoms with Crippen LogP contribution in [0.4, 0.5) is 8.78 Å². The molecule has 4 heteroatoms. The Morgan fingerprint density at radius 3 is 1.83 bits per heavy atom. The molecule has 1 aliphatic rings. The number of halogens is 4. The second kappa shape index (κ2) is 11.5. The summed E-state index contributed by atoms with van der Waals surface area (Å²) in [6.45, 7) is 3.93. The van der Waals surface area contributed by atoms with Gasteiger partial charge in [0.1, 0.15) is 11.6 Å². The number of benzene rings is 5. The van der Waals surface area contributed by atoms with Gasteiger partial charge in [0.2, 0.25) is 0 Å². The van der Waals surface area contributed by atoms with E-state index in [2.05, 4.69) is 59.3 Å². The van der Waals surface area contributed by atoms with Gasteiger partial charge in [-0.25, -0.2) is 8.78 Å². The van der Waals surface area contributed by atoms with Gasteiger partial charge in [-0.05, 0) is 89.2 Å². The van der Waals surface area contributed by atoms with Gasteiger partial charge in [-0.15, -0.1) is 0 Å². The maximum atomic E-state index is 17.2. The number of aryl methyl sites for hydroxylation is 1. The minimum atomic E-state index is -0.886. The first kappa shape index (κ1) is 28.3. The molecule has 2 unspecified atom stereocenters. The minimum Gasteiger partial charge on any atom is -0.207 e. The number of hydrogen-bond acceptors (Lipinski definition) is 0. The second-order valence-electron chi connectivity index (χ2n) is 10.8. The first-order valence-electron chi connectivity index (χ1n) is 13.8. The molecule has 5 aromatic carbocycles. The van der Waals surface area contributed by atoms with Gasteiger partial charge in [0.05, 0.1) is 5.41 Å². The molecule has 0 bridgehead atoms. The molecule has 0 fully saturated rings. The van der Waals surface area contributed by atoms with Crippen molar-refractivity contribution in [1.82, 2.24) is 0 Å². The molecule has 0 radical (unpaired) electrons. The summed E-state index contributed by atoms with van der Waals surface area (Å²) in [7, 11) is 0. The molecule has 0 heterocycles. The molecule has 42 heavy (non-hydrogen) atoms. The molecule has 0 saturated carbocycles. The Balaban J connectivity index is 1.86. The lowest BCUT2D eigenvalue weighted by Crippen LogP contribution is -2.40. The van der Waals surface area contributed by atoms with Crippen molar-refractivity contribution in [3.63, 3.8) is 0 Å². The fraction of sp³-hybridized carbons (Fsp3) is 0.105. The molecule has 0 N–H and O–H groups in total. The SMILES string of the molecule is CC1=C(F)C(c2ccc(Br)cc2)=C(c2ccc(Cl)cc2)C(c2ccccc2)(c2ccc(C)cc2)C1c1ccc(F)cc1. The molecular formula is C38H28BrClF2. The maximum absolute atomic E-state index is 17.2. The Morgan fingerprint density at radius 1 is 0.643 bits per heavy atom. The number of rotatable bonds is 5. The van der Waals surface area contributed by atoms with E-state index in [1.54, 1.807) is 12.1 Å². The third kappa shape index (κ3) is 4.85. The first-order valence-corrected chi connectivity index (χ1v) is 15.0. The second-order valence-corrected chi connectivity index (χ2v) is 12.1. The fourth-order valence-electron chi connectivity index (χ4n) is 6.44. The summed E-state index contributed by atoms with van der Waals surface area (Å²) in [5, 5.41) is 0.600. The van der Waals surface area contributed by atoms with Crippen LogP contribution in [0.1, 0.15) is 46.2 Å². The lowest BCUT2D eigenvalue weighted by molar-refractivity contribution is 0.526. The standard InChI is InChI=1S/C38H28BrClF2/c1-24-8-16-30(17-9-24)38(29-6-4-3-5-7-29)35(27-14-22-33(41)23-15-27)25(2)37(42)34(26-10-18-31(39)19-11-26)36(38)28-12-20-32(40)21-13-28/h3-23,35H,1-2H3. The molecule has 2 atom stereocenters. The van der Waals surface area contributed by atoms with E-state index in [9.17, 15) is 4.39 Å². The third-order valence-corrected chi connectivity index (χ3v) is 9.06. The summed E-state index contributed by atoms with van der Waals surface area (Å²) in [5.41, 5.74) is 6.66. The molecule has 5 aromatic rings. The third-order valence-electron chi connectivity index (χ3n) is 8.28. The summed E-state index contributed by atoms with van der Waals surface area (Å²) >= 11 is 9.94. The van der Waals surface area contributed by atoms with Gasteiger partial charge in [-0.3, -0.25) is 0 Å². The number of allylic oxidation sites excluding steroid dienone is 4. The normalized spacial score (nSPS) is 18.9. The van der Waals surface area contributed by atoms with Crippen LogP contribution in [0.2, 0.25) is 5.02 Å². The fourth-order valence-corrected chi connectivity index (χ4v) is 6.83. The van der Waals surface area contributed by atoms with Gasteiger partial charge in [0, 0.05) is 21.0 Å². The van der Waals surface area contributed by atoms with Crippen LogP contribution in [-0.4, -0.2) is 0 Å². The lowest BCUT2D eigenvalue weighted by atomic mass is 9.53. The van der Waals surface area contributed by atoms with Crippen molar-refractivity contribution in [2.75, 3.05) is 0 Å². The quantitative estimate of drug-likeness (QED) is 0.180. The zero-order chi connectivity index (χ0) is 29.4. The lowest BCUT2D eigenvalue weighted by Gasteiger charge is -2.49. The average Bonchev–Trinajstić information content (AvgIpc) is 3.01. The van der Waals surface area contributed by atoms with Crippen LogP contribution in [0.5, 0.6) is 0 Å². The highest BCUT2D eigenvalue weighted by Gasteiger charge is 2.52. The van der Waals surface area contributed by atoms with Gasteiger partial charge < -0.3 is 0 Å². The smallest absolute Gasteiger partial charge is 0.130 e. The van der Waals surface area contributed by atoms with Gasteiger partial charge in [-0.2, -0.15) is 0 Å². The van der Waals surface area contributed by atoms with Crippen LogP contribution < -0.4 is 0 Å². The Hall–Kier alpha value is -3.79. The molecule has 0 amide bonds. The summed E-state index contributed by atoms with van der Waals surface area (Å²) in [6, 6.07) is 40.7. The van der Waals surface area contributed by atoms with Gasteiger partial charge >= 0.3 is 0 Å². The van der Waals surface area contributed by atoms with Gasteiger partial charge in [0.15, 0.2) is 0 Å². The zero-order valence-electron chi connectivity index (χ0n) is 23.2. The van der Waals surface area contributed by atoms with Crippen molar-refractivity contribution < 1.29 is 8.78 Å². The van der Waals surface area contributed by atoms with E-state index >= 15 is 4.39 Å². The summed E-state index contributed by atoms with van der Waals surface area (Å²) in [4.78, 5) is 0. The topological polar surface area (TPSA) is 0 Å². The van der Waals surface area contributed by atoms with Gasteiger partial charge in [0.25, 0.3) is 0 Å². The van der Waals surface area contributed by atoms with Crippen molar-refractivity contribution in [1.29, 1.82) is 0 Å². The van der Waals surface area contributed by atoms with E-state index in [-0.39, 0.29) is 11.6 Å². The van der Waals surface area contributed by atoms with Crippen LogP contribution in [0, 0.1) is 12.7 Å². The molecule has 0 spiro atoms. The first-order chi connectivity index (χ1) is 20.3. The molecule has 0 saturated heterocycles. The predicted octanol–water partition coefficient (Wildman–Crippen LogP) is 11.5. The van der Waals surface area contributed by atoms with Crippen LogP contribution in [0.3, 0.4) is 0 Å². The van der Waals surface area contributed by atoms with Crippen molar-refractivity contribution in [3.8, 4) is 0 Å². The van der Waals surface area contributed by atoms with Crippen LogP contribution >= 0.6 is 27.5 Å². The van der Waals surface area contributed by atoms with E-state index < -0.39 is 11.3 Å².